The molecule has 1 aromatic rings. The first-order valence-corrected chi connectivity index (χ1v) is 4.45. The van der Waals surface area contributed by atoms with E-state index in [2.05, 4.69) is 5.32 Å². The predicted octanol–water partition coefficient (Wildman–Crippen LogP) is 1.38. The molecule has 0 spiro atoms. The van der Waals surface area contributed by atoms with Crippen LogP contribution < -0.4 is 5.32 Å². The van der Waals surface area contributed by atoms with E-state index in [-0.39, 0.29) is 18.1 Å². The van der Waals surface area contributed by atoms with Gasteiger partial charge in [0.1, 0.15) is 5.75 Å². The molecule has 0 aromatic heterocycles. The minimum Gasteiger partial charge on any atom is -0.508 e. The lowest BCUT2D eigenvalue weighted by atomic mass is 9.98. The van der Waals surface area contributed by atoms with E-state index in [4.69, 9.17) is 5.11 Å². The SMILES string of the molecule is O=C(O)C[C@H]1CNc2ccc(O)cc21. The molecular formula is C10H11NO3. The maximum atomic E-state index is 10.6. The van der Waals surface area contributed by atoms with Gasteiger partial charge >= 0.3 is 5.97 Å². The lowest BCUT2D eigenvalue weighted by Crippen LogP contribution is -2.07. The Kier molecular flexibility index (Phi) is 2.04. The van der Waals surface area contributed by atoms with Crippen LogP contribution >= 0.6 is 0 Å². The summed E-state index contributed by atoms with van der Waals surface area (Å²) in [5.74, 6) is -0.662. The van der Waals surface area contributed by atoms with E-state index >= 15 is 0 Å². The Morgan fingerprint density at radius 2 is 2.36 bits per heavy atom. The molecule has 1 aliphatic rings. The molecule has 0 saturated carbocycles. The molecule has 2 rings (SSSR count). The molecule has 1 atom stereocenters. The summed E-state index contributed by atoms with van der Waals surface area (Å²) in [7, 11) is 0. The van der Waals surface area contributed by atoms with Crippen LogP contribution in [0.2, 0.25) is 0 Å². The van der Waals surface area contributed by atoms with E-state index in [1.54, 1.807) is 18.2 Å². The van der Waals surface area contributed by atoms with Gasteiger partial charge in [-0.2, -0.15) is 0 Å². The van der Waals surface area contributed by atoms with Gasteiger partial charge in [-0.3, -0.25) is 4.79 Å². The number of benzene rings is 1. The minimum absolute atomic E-state index is 0.0328. The lowest BCUT2D eigenvalue weighted by Gasteiger charge is -2.06. The topological polar surface area (TPSA) is 69.6 Å². The number of anilines is 1. The van der Waals surface area contributed by atoms with E-state index < -0.39 is 5.97 Å². The van der Waals surface area contributed by atoms with Crippen molar-refractivity contribution in [1.82, 2.24) is 0 Å². The van der Waals surface area contributed by atoms with Gasteiger partial charge in [-0.1, -0.05) is 0 Å². The third-order valence-electron chi connectivity index (χ3n) is 2.43. The van der Waals surface area contributed by atoms with Gasteiger partial charge in [0.25, 0.3) is 0 Å². The summed E-state index contributed by atoms with van der Waals surface area (Å²) in [6.07, 6.45) is 0.101. The van der Waals surface area contributed by atoms with Crippen LogP contribution in [0.25, 0.3) is 0 Å². The molecule has 3 N–H and O–H groups in total. The molecular weight excluding hydrogens is 182 g/mol. The van der Waals surface area contributed by atoms with Gasteiger partial charge in [-0.15, -0.1) is 0 Å². The Morgan fingerprint density at radius 3 is 3.07 bits per heavy atom. The van der Waals surface area contributed by atoms with Crippen molar-refractivity contribution >= 4 is 11.7 Å². The third kappa shape index (κ3) is 1.51. The Bertz CT molecular complexity index is 376. The molecule has 4 heteroatoms. The van der Waals surface area contributed by atoms with Gasteiger partial charge in [0.05, 0.1) is 6.42 Å². The van der Waals surface area contributed by atoms with Gasteiger partial charge in [0.2, 0.25) is 0 Å². The largest absolute Gasteiger partial charge is 0.508 e. The highest BCUT2D eigenvalue weighted by Crippen LogP contribution is 2.35. The minimum atomic E-state index is -0.812. The number of carbonyl (C=O) groups is 1. The fraction of sp³-hybridized carbons (Fsp3) is 0.300. The number of aliphatic carboxylic acids is 1. The van der Waals surface area contributed by atoms with Gasteiger partial charge in [0, 0.05) is 18.2 Å². The first-order chi connectivity index (χ1) is 6.66. The number of hydrogen-bond acceptors (Lipinski definition) is 3. The van der Waals surface area contributed by atoms with Crippen LogP contribution in [0.4, 0.5) is 5.69 Å². The number of hydrogen-bond donors (Lipinski definition) is 3. The fourth-order valence-corrected chi connectivity index (χ4v) is 1.78. The second-order valence-electron chi connectivity index (χ2n) is 3.45. The van der Waals surface area contributed by atoms with E-state index in [0.717, 1.165) is 11.3 Å². The standard InChI is InChI=1S/C10H11NO3/c12-7-1-2-9-8(4-7)6(5-11-9)3-10(13)14/h1-2,4,6,11-12H,3,5H2,(H,13,14)/t6-/m0/s1. The van der Waals surface area contributed by atoms with Crippen LogP contribution in [0.3, 0.4) is 0 Å². The van der Waals surface area contributed by atoms with Gasteiger partial charge in [-0.05, 0) is 23.8 Å². The molecule has 14 heavy (non-hydrogen) atoms. The Labute approximate surface area is 81.2 Å². The zero-order valence-corrected chi connectivity index (χ0v) is 7.53. The maximum absolute atomic E-state index is 10.6. The van der Waals surface area contributed by atoms with Crippen molar-refractivity contribution < 1.29 is 15.0 Å². The molecule has 0 saturated heterocycles. The summed E-state index contributed by atoms with van der Waals surface area (Å²) in [4.78, 5) is 10.6. The second-order valence-corrected chi connectivity index (χ2v) is 3.45. The number of aromatic hydroxyl groups is 1. The van der Waals surface area contributed by atoms with Crippen LogP contribution in [-0.4, -0.2) is 22.7 Å². The summed E-state index contributed by atoms with van der Waals surface area (Å²) >= 11 is 0. The maximum Gasteiger partial charge on any atom is 0.304 e. The van der Waals surface area contributed by atoms with Crippen molar-refractivity contribution in [2.24, 2.45) is 0 Å². The van der Waals surface area contributed by atoms with E-state index in [1.165, 1.54) is 0 Å². The molecule has 1 aromatic carbocycles. The Balaban J connectivity index is 2.28. The molecule has 0 fully saturated rings. The molecule has 0 amide bonds. The number of phenolic OH excluding ortho intramolecular Hbond substituents is 1. The highest BCUT2D eigenvalue weighted by molar-refractivity contribution is 5.71. The molecule has 1 heterocycles. The smallest absolute Gasteiger partial charge is 0.304 e. The predicted molar refractivity (Wildman–Crippen MR) is 51.6 cm³/mol. The van der Waals surface area contributed by atoms with E-state index in [9.17, 15) is 9.90 Å². The monoisotopic (exact) mass is 193 g/mol. The van der Waals surface area contributed by atoms with E-state index in [0.29, 0.717) is 6.54 Å². The van der Waals surface area contributed by atoms with Crippen LogP contribution in [-0.2, 0) is 4.79 Å². The first kappa shape index (κ1) is 8.87. The quantitative estimate of drug-likeness (QED) is 0.620. The third-order valence-corrected chi connectivity index (χ3v) is 2.43. The highest BCUT2D eigenvalue weighted by Gasteiger charge is 2.24. The summed E-state index contributed by atoms with van der Waals surface area (Å²) in [5.41, 5.74) is 1.82. The van der Waals surface area contributed by atoms with Crippen molar-refractivity contribution in [2.45, 2.75) is 12.3 Å². The molecule has 1 aliphatic heterocycles. The average Bonchev–Trinajstić information content (AvgIpc) is 2.47. The molecule has 4 nitrogen and oxygen atoms in total. The number of fused-ring (bicyclic) bond motifs is 1. The molecule has 0 unspecified atom stereocenters. The van der Waals surface area contributed by atoms with Crippen molar-refractivity contribution in [3.05, 3.63) is 23.8 Å². The van der Waals surface area contributed by atoms with Gasteiger partial charge in [-0.25, -0.2) is 0 Å². The molecule has 0 bridgehead atoms. The van der Waals surface area contributed by atoms with Crippen LogP contribution in [0.5, 0.6) is 5.75 Å². The number of carboxylic acids is 1. The van der Waals surface area contributed by atoms with Crippen molar-refractivity contribution in [1.29, 1.82) is 0 Å². The molecule has 0 radical (unpaired) electrons. The molecule has 0 aliphatic carbocycles. The summed E-state index contributed by atoms with van der Waals surface area (Å²) in [6.45, 7) is 0.630. The van der Waals surface area contributed by atoms with Crippen LogP contribution in [0, 0.1) is 0 Å². The van der Waals surface area contributed by atoms with Crippen molar-refractivity contribution in [2.75, 3.05) is 11.9 Å². The number of phenols is 1. The van der Waals surface area contributed by atoms with Gasteiger partial charge in [0.15, 0.2) is 0 Å². The zero-order valence-electron chi connectivity index (χ0n) is 7.53. The summed E-state index contributed by atoms with van der Waals surface area (Å²) < 4.78 is 0. The lowest BCUT2D eigenvalue weighted by molar-refractivity contribution is -0.137. The fourth-order valence-electron chi connectivity index (χ4n) is 1.78. The highest BCUT2D eigenvalue weighted by atomic mass is 16.4. The van der Waals surface area contributed by atoms with Gasteiger partial charge < -0.3 is 15.5 Å². The average molecular weight is 193 g/mol. The second kappa shape index (κ2) is 3.21. The zero-order chi connectivity index (χ0) is 10.1. The van der Waals surface area contributed by atoms with Crippen molar-refractivity contribution in [3.8, 4) is 5.75 Å². The normalized spacial score (nSPS) is 18.7. The first-order valence-electron chi connectivity index (χ1n) is 4.45. The van der Waals surface area contributed by atoms with E-state index in [1.807, 2.05) is 0 Å². The van der Waals surface area contributed by atoms with Crippen LogP contribution in [0.1, 0.15) is 17.9 Å². The Morgan fingerprint density at radius 1 is 1.57 bits per heavy atom. The van der Waals surface area contributed by atoms with Crippen molar-refractivity contribution in [3.63, 3.8) is 0 Å². The Hall–Kier alpha value is -1.71. The summed E-state index contributed by atoms with van der Waals surface area (Å²) in [6, 6.07) is 4.99. The number of carboxylic acid groups (broad SMARTS) is 1. The van der Waals surface area contributed by atoms with Crippen LogP contribution in [0.15, 0.2) is 18.2 Å². The molecule has 74 valence electrons. The number of nitrogens with one attached hydrogen (secondary N) is 1. The number of rotatable bonds is 2. The summed E-state index contributed by atoms with van der Waals surface area (Å²) in [5, 5.41) is 21.1.